The van der Waals surface area contributed by atoms with Crippen LogP contribution in [-0.2, 0) is 20.9 Å². The van der Waals surface area contributed by atoms with E-state index in [0.29, 0.717) is 5.56 Å². The van der Waals surface area contributed by atoms with Crippen LogP contribution in [0.3, 0.4) is 0 Å². The molecule has 5 N–H and O–H groups in total. The summed E-state index contributed by atoms with van der Waals surface area (Å²) >= 11 is 0. The van der Waals surface area contributed by atoms with Crippen molar-refractivity contribution in [1.82, 2.24) is 15.7 Å². The highest BCUT2D eigenvalue weighted by Crippen LogP contribution is 2.18. The number of likely N-dealkylation sites (N-methyl/N-ethyl adjacent to an activating group) is 2. The van der Waals surface area contributed by atoms with Crippen LogP contribution in [-0.4, -0.2) is 70.6 Å². The third-order valence-corrected chi connectivity index (χ3v) is 5.16. The summed E-state index contributed by atoms with van der Waals surface area (Å²) in [6.07, 6.45) is -1.51. The van der Waals surface area contributed by atoms with Gasteiger partial charge in [-0.2, -0.15) is 0 Å². The highest BCUT2D eigenvalue weighted by Gasteiger charge is 2.47. The molecule has 0 aliphatic rings. The van der Waals surface area contributed by atoms with Crippen molar-refractivity contribution in [3.05, 3.63) is 70.8 Å². The van der Waals surface area contributed by atoms with Crippen molar-refractivity contribution in [2.75, 3.05) is 20.7 Å². The van der Waals surface area contributed by atoms with Gasteiger partial charge in [-0.25, -0.2) is 5.48 Å². The fourth-order valence-electron chi connectivity index (χ4n) is 2.96. The Labute approximate surface area is 197 Å². The molecule has 0 bridgehead atoms. The summed E-state index contributed by atoms with van der Waals surface area (Å²) in [5.74, 6) is 3.58. The summed E-state index contributed by atoms with van der Waals surface area (Å²) in [6, 6.07) is 13.6. The first-order valence-electron chi connectivity index (χ1n) is 10.2. The zero-order valence-electron chi connectivity index (χ0n) is 19.0. The molecule has 0 spiro atoms. The third kappa shape index (κ3) is 6.40. The Kier molecular flexibility index (Phi) is 9.29. The maximum absolute atomic E-state index is 12.9. The largest absolute Gasteiger partial charge is 0.372 e. The number of hydroxylamine groups is 1. The first-order chi connectivity index (χ1) is 16.1. The van der Waals surface area contributed by atoms with Gasteiger partial charge in [0.15, 0.2) is 11.8 Å². The fraction of sp³-hybridized carbons (Fsp3) is 0.292. The first kappa shape index (κ1) is 26.5. The van der Waals surface area contributed by atoms with Crippen molar-refractivity contribution in [1.29, 1.82) is 0 Å². The standard InChI is InChI=1S/C24H27N3O7/c1-24(22(31)25-2,23(32)26-33)27(3)21(30)19-12-10-17(11-13-19)5-4-16-6-8-18(9-7-16)14-34-15-20(28)29/h6-13,20,28-29,33H,14-15H2,1-3H3,(H,25,31)(H,26,32)/t24-/m0/s1. The monoisotopic (exact) mass is 469 g/mol. The normalized spacial score (nSPS) is 12.2. The number of amides is 3. The van der Waals surface area contributed by atoms with Gasteiger partial charge in [-0.3, -0.25) is 19.6 Å². The number of ether oxygens (including phenoxy) is 1. The Morgan fingerprint density at radius 3 is 2.00 bits per heavy atom. The van der Waals surface area contributed by atoms with Gasteiger partial charge in [0.1, 0.15) is 0 Å². The predicted molar refractivity (Wildman–Crippen MR) is 121 cm³/mol. The lowest BCUT2D eigenvalue weighted by Gasteiger charge is -2.34. The molecular weight excluding hydrogens is 442 g/mol. The van der Waals surface area contributed by atoms with E-state index in [2.05, 4.69) is 17.2 Å². The fourth-order valence-corrected chi connectivity index (χ4v) is 2.96. The van der Waals surface area contributed by atoms with Gasteiger partial charge in [0.05, 0.1) is 13.2 Å². The van der Waals surface area contributed by atoms with Gasteiger partial charge in [0.2, 0.25) is 0 Å². The van der Waals surface area contributed by atoms with Crippen LogP contribution >= 0.6 is 0 Å². The average Bonchev–Trinajstić information content (AvgIpc) is 2.85. The molecule has 3 amide bonds. The number of benzene rings is 2. The molecule has 0 aliphatic carbocycles. The number of nitrogens with zero attached hydrogens (tertiary/aromatic N) is 1. The molecule has 0 aliphatic heterocycles. The number of aliphatic hydroxyl groups excluding tert-OH is 1. The SMILES string of the molecule is CNC(=O)[C@@](C)(C(=O)NO)N(C)C(=O)c1ccc(C#Cc2ccc(COCC(O)O)cc2)cc1. The van der Waals surface area contributed by atoms with Gasteiger partial charge in [-0.05, 0) is 48.9 Å². The molecule has 0 radical (unpaired) electrons. The molecule has 1 atom stereocenters. The minimum atomic E-state index is -1.96. The van der Waals surface area contributed by atoms with E-state index in [9.17, 15) is 14.4 Å². The number of carbonyl (C=O) groups excluding carboxylic acids is 3. The molecule has 10 nitrogen and oxygen atoms in total. The minimum Gasteiger partial charge on any atom is -0.372 e. The lowest BCUT2D eigenvalue weighted by molar-refractivity contribution is -0.148. The second kappa shape index (κ2) is 11.9. The predicted octanol–water partition coefficient (Wildman–Crippen LogP) is -0.00420. The number of hydrogen-bond acceptors (Lipinski definition) is 7. The van der Waals surface area contributed by atoms with E-state index in [1.807, 2.05) is 12.1 Å². The Morgan fingerprint density at radius 2 is 1.53 bits per heavy atom. The smallest absolute Gasteiger partial charge is 0.278 e. The summed E-state index contributed by atoms with van der Waals surface area (Å²) in [4.78, 5) is 38.2. The van der Waals surface area contributed by atoms with Gasteiger partial charge < -0.3 is 25.2 Å². The molecule has 2 aromatic rings. The lowest BCUT2D eigenvalue weighted by atomic mass is 9.96. The Hall–Kier alpha value is -3.75. The van der Waals surface area contributed by atoms with Crippen molar-refractivity contribution >= 4 is 17.7 Å². The van der Waals surface area contributed by atoms with Crippen LogP contribution in [0.2, 0.25) is 0 Å². The summed E-state index contributed by atoms with van der Waals surface area (Å²) in [5, 5.41) is 28.9. The third-order valence-electron chi connectivity index (χ3n) is 5.16. The van der Waals surface area contributed by atoms with Crippen LogP contribution in [0.4, 0.5) is 0 Å². The Bertz CT molecular complexity index is 1050. The first-order valence-corrected chi connectivity index (χ1v) is 10.2. The van der Waals surface area contributed by atoms with Crippen LogP contribution in [0, 0.1) is 11.8 Å². The van der Waals surface area contributed by atoms with E-state index in [0.717, 1.165) is 16.0 Å². The van der Waals surface area contributed by atoms with E-state index in [-0.39, 0.29) is 18.8 Å². The van der Waals surface area contributed by atoms with Crippen molar-refractivity contribution in [2.24, 2.45) is 0 Å². The molecule has 10 heteroatoms. The van der Waals surface area contributed by atoms with Gasteiger partial charge in [0, 0.05) is 30.8 Å². The molecule has 180 valence electrons. The number of aliphatic hydroxyl groups is 2. The van der Waals surface area contributed by atoms with Crippen molar-refractivity contribution in [3.8, 4) is 11.8 Å². The number of rotatable bonds is 8. The molecule has 0 heterocycles. The van der Waals surface area contributed by atoms with E-state index in [1.165, 1.54) is 38.6 Å². The van der Waals surface area contributed by atoms with Gasteiger partial charge in [-0.15, -0.1) is 0 Å². The maximum atomic E-state index is 12.9. The second-order valence-electron chi connectivity index (χ2n) is 7.48. The molecule has 0 saturated carbocycles. The van der Waals surface area contributed by atoms with Crippen molar-refractivity contribution < 1.29 is 34.5 Å². The molecule has 0 saturated heterocycles. The zero-order chi connectivity index (χ0) is 25.3. The van der Waals surface area contributed by atoms with Gasteiger partial charge >= 0.3 is 0 Å². The van der Waals surface area contributed by atoms with Crippen LogP contribution in [0.1, 0.15) is 34.0 Å². The van der Waals surface area contributed by atoms with Gasteiger partial charge in [0.25, 0.3) is 17.7 Å². The quantitative estimate of drug-likeness (QED) is 0.120. The van der Waals surface area contributed by atoms with E-state index in [4.69, 9.17) is 20.2 Å². The average molecular weight is 469 g/mol. The van der Waals surface area contributed by atoms with Crippen LogP contribution in [0.15, 0.2) is 48.5 Å². The van der Waals surface area contributed by atoms with Crippen molar-refractivity contribution in [2.45, 2.75) is 25.4 Å². The van der Waals surface area contributed by atoms with Crippen LogP contribution in [0.25, 0.3) is 0 Å². The zero-order valence-corrected chi connectivity index (χ0v) is 19.0. The lowest BCUT2D eigenvalue weighted by Crippen LogP contribution is -2.64. The highest BCUT2D eigenvalue weighted by atomic mass is 16.5. The number of hydrogen-bond donors (Lipinski definition) is 5. The second-order valence-corrected chi connectivity index (χ2v) is 7.48. The Morgan fingerprint density at radius 1 is 1.00 bits per heavy atom. The summed E-state index contributed by atoms with van der Waals surface area (Å²) in [5.41, 5.74) is 1.95. The molecule has 0 unspecified atom stereocenters. The van der Waals surface area contributed by atoms with E-state index in [1.54, 1.807) is 24.3 Å². The highest BCUT2D eigenvalue weighted by molar-refractivity contribution is 6.12. The molecular formula is C24H27N3O7. The molecule has 34 heavy (non-hydrogen) atoms. The molecule has 0 fully saturated rings. The summed E-state index contributed by atoms with van der Waals surface area (Å²) in [7, 11) is 2.61. The topological polar surface area (TPSA) is 148 Å². The summed E-state index contributed by atoms with van der Waals surface area (Å²) < 4.78 is 5.13. The van der Waals surface area contributed by atoms with E-state index >= 15 is 0 Å². The summed E-state index contributed by atoms with van der Waals surface area (Å²) in [6.45, 7) is 1.30. The van der Waals surface area contributed by atoms with Crippen LogP contribution < -0.4 is 10.8 Å². The molecule has 2 aromatic carbocycles. The van der Waals surface area contributed by atoms with E-state index < -0.39 is 29.6 Å². The van der Waals surface area contributed by atoms with Crippen LogP contribution in [0.5, 0.6) is 0 Å². The molecule has 0 aromatic heterocycles. The molecule has 2 rings (SSSR count). The maximum Gasteiger partial charge on any atom is 0.278 e. The minimum absolute atomic E-state index is 0.171. The van der Waals surface area contributed by atoms with Crippen molar-refractivity contribution in [3.63, 3.8) is 0 Å². The number of nitrogens with one attached hydrogen (secondary N) is 2. The Balaban J connectivity index is 2.11. The van der Waals surface area contributed by atoms with Gasteiger partial charge in [-0.1, -0.05) is 24.0 Å². The number of carbonyl (C=O) groups is 3.